The first-order valence-electron chi connectivity index (χ1n) is 5.18. The second kappa shape index (κ2) is 4.71. The highest BCUT2D eigenvalue weighted by Gasteiger charge is 2.05. The Balaban J connectivity index is 2.31. The molecule has 0 aliphatic rings. The molecule has 2 aromatic heterocycles. The van der Waals surface area contributed by atoms with E-state index in [1.807, 2.05) is 32.0 Å². The van der Waals surface area contributed by atoms with Crippen molar-refractivity contribution in [3.8, 4) is 0 Å². The summed E-state index contributed by atoms with van der Waals surface area (Å²) in [6.07, 6.45) is 1.70. The van der Waals surface area contributed by atoms with Gasteiger partial charge in [0.15, 0.2) is 5.82 Å². The van der Waals surface area contributed by atoms with Crippen molar-refractivity contribution < 1.29 is 0 Å². The molecular weight excluding hydrogens is 280 g/mol. The van der Waals surface area contributed by atoms with E-state index in [2.05, 4.69) is 31.2 Å². The highest BCUT2D eigenvalue weighted by atomic mass is 79.9. The minimum atomic E-state index is 0.597. The van der Waals surface area contributed by atoms with Crippen LogP contribution in [0, 0.1) is 13.8 Å². The predicted molar refractivity (Wildman–Crippen MR) is 73.3 cm³/mol. The number of aromatic nitrogens is 2. The third-order valence-corrected chi connectivity index (χ3v) is 2.80. The molecule has 0 unspecified atom stereocenters. The lowest BCUT2D eigenvalue weighted by Crippen LogP contribution is -2.01. The van der Waals surface area contributed by atoms with E-state index in [0.717, 1.165) is 21.5 Å². The van der Waals surface area contributed by atoms with E-state index < -0.39 is 0 Å². The molecule has 0 saturated carbocycles. The maximum Gasteiger partial charge on any atom is 0.153 e. The van der Waals surface area contributed by atoms with E-state index in [-0.39, 0.29) is 0 Å². The molecule has 0 aliphatic heterocycles. The van der Waals surface area contributed by atoms with Crippen LogP contribution in [0.25, 0.3) is 0 Å². The Labute approximate surface area is 108 Å². The van der Waals surface area contributed by atoms with Crippen molar-refractivity contribution >= 4 is 33.1 Å². The van der Waals surface area contributed by atoms with Gasteiger partial charge < -0.3 is 11.1 Å². The molecule has 0 bridgehead atoms. The van der Waals surface area contributed by atoms with E-state index in [4.69, 9.17) is 5.73 Å². The summed E-state index contributed by atoms with van der Waals surface area (Å²) < 4.78 is 0.860. The molecule has 0 fully saturated rings. The lowest BCUT2D eigenvalue weighted by atomic mass is 10.2. The topological polar surface area (TPSA) is 63.8 Å². The van der Waals surface area contributed by atoms with Crippen molar-refractivity contribution in [2.75, 3.05) is 11.1 Å². The Morgan fingerprint density at radius 3 is 2.71 bits per heavy atom. The molecule has 0 radical (unpaired) electrons. The first-order chi connectivity index (χ1) is 8.06. The fraction of sp³-hybridized carbons (Fsp3) is 0.167. The number of nitrogen functional groups attached to an aromatic ring is 1. The standard InChI is InChI=1S/C12H13BrN4/c1-7-3-4-11(8(2)16-7)17-12-10(14)5-9(13)6-15-12/h3-6H,14H2,1-2H3,(H,15,17). The van der Waals surface area contributed by atoms with Crippen LogP contribution < -0.4 is 11.1 Å². The fourth-order valence-electron chi connectivity index (χ4n) is 1.51. The van der Waals surface area contributed by atoms with Gasteiger partial charge in [-0.2, -0.15) is 0 Å². The molecule has 88 valence electrons. The second-order valence-electron chi connectivity index (χ2n) is 3.80. The smallest absolute Gasteiger partial charge is 0.153 e. The molecule has 0 saturated heterocycles. The highest BCUT2D eigenvalue weighted by molar-refractivity contribution is 9.10. The Hall–Kier alpha value is -1.62. The number of nitrogens with zero attached hydrogens (tertiary/aromatic N) is 2. The summed E-state index contributed by atoms with van der Waals surface area (Å²) in [5.74, 6) is 0.641. The average molecular weight is 293 g/mol. The van der Waals surface area contributed by atoms with Gasteiger partial charge in [0.05, 0.1) is 17.1 Å². The predicted octanol–water partition coefficient (Wildman–Crippen LogP) is 3.18. The lowest BCUT2D eigenvalue weighted by molar-refractivity contribution is 1.12. The van der Waals surface area contributed by atoms with Crippen LogP contribution in [0.1, 0.15) is 11.4 Å². The van der Waals surface area contributed by atoms with Crippen LogP contribution in [0.4, 0.5) is 17.2 Å². The van der Waals surface area contributed by atoms with Gasteiger partial charge in [-0.25, -0.2) is 4.98 Å². The summed E-state index contributed by atoms with van der Waals surface area (Å²) in [5.41, 5.74) is 9.30. The summed E-state index contributed by atoms with van der Waals surface area (Å²) in [5, 5.41) is 3.18. The minimum Gasteiger partial charge on any atom is -0.396 e. The monoisotopic (exact) mass is 292 g/mol. The molecule has 2 aromatic rings. The first-order valence-corrected chi connectivity index (χ1v) is 5.98. The van der Waals surface area contributed by atoms with Crippen molar-refractivity contribution in [1.82, 2.24) is 9.97 Å². The number of nitrogens with two attached hydrogens (primary N) is 1. The molecule has 0 spiro atoms. The van der Waals surface area contributed by atoms with Crippen LogP contribution in [0.5, 0.6) is 0 Å². The van der Waals surface area contributed by atoms with Gasteiger partial charge in [0.25, 0.3) is 0 Å². The van der Waals surface area contributed by atoms with Gasteiger partial charge in [-0.15, -0.1) is 0 Å². The third-order valence-electron chi connectivity index (χ3n) is 2.36. The van der Waals surface area contributed by atoms with E-state index in [1.54, 1.807) is 6.20 Å². The lowest BCUT2D eigenvalue weighted by Gasteiger charge is -2.10. The number of pyridine rings is 2. The van der Waals surface area contributed by atoms with Crippen LogP contribution in [0.2, 0.25) is 0 Å². The van der Waals surface area contributed by atoms with Crippen LogP contribution in [0.15, 0.2) is 28.9 Å². The van der Waals surface area contributed by atoms with Crippen LogP contribution in [-0.2, 0) is 0 Å². The Morgan fingerprint density at radius 2 is 2.06 bits per heavy atom. The fourth-order valence-corrected chi connectivity index (χ4v) is 1.85. The number of hydrogen-bond acceptors (Lipinski definition) is 4. The van der Waals surface area contributed by atoms with Crippen molar-refractivity contribution in [3.63, 3.8) is 0 Å². The molecule has 0 aliphatic carbocycles. The maximum atomic E-state index is 5.87. The molecule has 2 rings (SSSR count). The first kappa shape index (κ1) is 11.9. The summed E-state index contributed by atoms with van der Waals surface area (Å²) >= 11 is 3.32. The van der Waals surface area contributed by atoms with Crippen LogP contribution in [-0.4, -0.2) is 9.97 Å². The molecule has 5 heteroatoms. The van der Waals surface area contributed by atoms with E-state index >= 15 is 0 Å². The van der Waals surface area contributed by atoms with Crippen molar-refractivity contribution in [2.24, 2.45) is 0 Å². The molecule has 3 N–H and O–H groups in total. The molecule has 0 amide bonds. The van der Waals surface area contributed by atoms with Gasteiger partial charge in [-0.05, 0) is 48.0 Å². The number of aryl methyl sites for hydroxylation is 2. The number of anilines is 3. The van der Waals surface area contributed by atoms with Gasteiger partial charge in [0.1, 0.15) is 0 Å². The largest absolute Gasteiger partial charge is 0.396 e. The number of hydrogen-bond donors (Lipinski definition) is 2. The molecule has 0 atom stereocenters. The summed E-state index contributed by atoms with van der Waals surface area (Å²) in [6.45, 7) is 3.91. The zero-order valence-corrected chi connectivity index (χ0v) is 11.2. The number of rotatable bonds is 2. The summed E-state index contributed by atoms with van der Waals surface area (Å²) in [6, 6.07) is 5.73. The van der Waals surface area contributed by atoms with Crippen molar-refractivity contribution in [3.05, 3.63) is 40.3 Å². The molecule has 17 heavy (non-hydrogen) atoms. The third kappa shape index (κ3) is 2.74. The highest BCUT2D eigenvalue weighted by Crippen LogP contribution is 2.24. The van der Waals surface area contributed by atoms with Crippen molar-refractivity contribution in [2.45, 2.75) is 13.8 Å². The number of nitrogens with one attached hydrogen (secondary N) is 1. The molecule has 4 nitrogen and oxygen atoms in total. The van der Waals surface area contributed by atoms with Gasteiger partial charge in [-0.1, -0.05) is 0 Å². The van der Waals surface area contributed by atoms with E-state index in [9.17, 15) is 0 Å². The summed E-state index contributed by atoms with van der Waals surface area (Å²) in [4.78, 5) is 8.60. The zero-order chi connectivity index (χ0) is 12.4. The number of halogens is 1. The van der Waals surface area contributed by atoms with Gasteiger partial charge >= 0.3 is 0 Å². The Bertz CT molecular complexity index is 505. The van der Waals surface area contributed by atoms with Gasteiger partial charge in [-0.3, -0.25) is 4.98 Å². The average Bonchev–Trinajstić information content (AvgIpc) is 2.25. The van der Waals surface area contributed by atoms with Crippen LogP contribution >= 0.6 is 15.9 Å². The quantitative estimate of drug-likeness (QED) is 0.892. The molecular formula is C12H13BrN4. The SMILES string of the molecule is Cc1ccc(Nc2ncc(Br)cc2N)c(C)n1. The van der Waals surface area contributed by atoms with E-state index in [0.29, 0.717) is 11.5 Å². The van der Waals surface area contributed by atoms with Gasteiger partial charge in [0, 0.05) is 16.4 Å². The maximum absolute atomic E-state index is 5.87. The van der Waals surface area contributed by atoms with Crippen LogP contribution in [0.3, 0.4) is 0 Å². The van der Waals surface area contributed by atoms with E-state index in [1.165, 1.54) is 0 Å². The molecule has 2 heterocycles. The summed E-state index contributed by atoms with van der Waals surface area (Å²) in [7, 11) is 0. The van der Waals surface area contributed by atoms with Crippen molar-refractivity contribution in [1.29, 1.82) is 0 Å². The second-order valence-corrected chi connectivity index (χ2v) is 4.72. The molecule has 0 aromatic carbocycles. The Kier molecular flexibility index (Phi) is 3.28. The van der Waals surface area contributed by atoms with Gasteiger partial charge in [0.2, 0.25) is 0 Å². The zero-order valence-electron chi connectivity index (χ0n) is 9.66. The minimum absolute atomic E-state index is 0.597. The normalized spacial score (nSPS) is 10.3. The Morgan fingerprint density at radius 1 is 1.29 bits per heavy atom.